The van der Waals surface area contributed by atoms with Crippen molar-refractivity contribution < 1.29 is 4.79 Å². The highest BCUT2D eigenvalue weighted by atomic mass is 32.2. The lowest BCUT2D eigenvalue weighted by molar-refractivity contribution is -0.129. The van der Waals surface area contributed by atoms with Crippen LogP contribution in [0.1, 0.15) is 31.4 Å². The number of thioether (sulfide) groups is 1. The van der Waals surface area contributed by atoms with Crippen LogP contribution in [0.4, 0.5) is 0 Å². The first-order chi connectivity index (χ1) is 10.8. The Kier molecular flexibility index (Phi) is 5.73. The molecule has 1 amide bonds. The number of hydrogen-bond acceptors (Lipinski definition) is 4. The Morgan fingerprint density at radius 2 is 2.09 bits per heavy atom. The first-order valence-corrected chi connectivity index (χ1v) is 9.45. The van der Waals surface area contributed by atoms with Crippen LogP contribution >= 0.6 is 11.8 Å². The first-order valence-electron chi connectivity index (χ1n) is 8.30. The zero-order chi connectivity index (χ0) is 15.2. The summed E-state index contributed by atoms with van der Waals surface area (Å²) < 4.78 is 0. The number of hydrogen-bond donors (Lipinski definition) is 1. The lowest BCUT2D eigenvalue weighted by Gasteiger charge is -2.32. The summed E-state index contributed by atoms with van der Waals surface area (Å²) in [6, 6.07) is 6.53. The molecule has 2 heterocycles. The topological polar surface area (TPSA) is 45.2 Å². The van der Waals surface area contributed by atoms with Crippen molar-refractivity contribution in [1.82, 2.24) is 15.2 Å². The Balaban J connectivity index is 1.31. The van der Waals surface area contributed by atoms with Gasteiger partial charge in [-0.05, 0) is 50.3 Å². The number of pyridine rings is 1. The van der Waals surface area contributed by atoms with Gasteiger partial charge in [0.1, 0.15) is 0 Å². The molecule has 120 valence electrons. The van der Waals surface area contributed by atoms with Gasteiger partial charge in [0.25, 0.3) is 0 Å². The van der Waals surface area contributed by atoms with Crippen molar-refractivity contribution in [1.29, 1.82) is 0 Å². The smallest absolute Gasteiger partial charge is 0.232 e. The van der Waals surface area contributed by atoms with E-state index in [9.17, 15) is 4.79 Å². The minimum absolute atomic E-state index is 0.279. The van der Waals surface area contributed by atoms with Crippen molar-refractivity contribution >= 4 is 17.7 Å². The van der Waals surface area contributed by atoms with Crippen LogP contribution in [0.25, 0.3) is 0 Å². The lowest BCUT2D eigenvalue weighted by Crippen LogP contribution is -2.45. The van der Waals surface area contributed by atoms with Crippen LogP contribution in [-0.4, -0.2) is 47.2 Å². The molecule has 0 atom stereocenters. The Bertz CT molecular complexity index is 470. The van der Waals surface area contributed by atoms with Gasteiger partial charge in [0.15, 0.2) is 0 Å². The number of aromatic nitrogens is 1. The van der Waals surface area contributed by atoms with Crippen molar-refractivity contribution in [3.05, 3.63) is 30.1 Å². The molecule has 0 radical (unpaired) electrons. The molecule has 1 N–H and O–H groups in total. The molecule has 1 saturated heterocycles. The van der Waals surface area contributed by atoms with E-state index in [2.05, 4.69) is 10.3 Å². The van der Waals surface area contributed by atoms with E-state index in [-0.39, 0.29) is 5.91 Å². The second-order valence-corrected chi connectivity index (χ2v) is 7.31. The summed E-state index contributed by atoms with van der Waals surface area (Å²) in [6.07, 6.45) is 6.81. The van der Waals surface area contributed by atoms with Gasteiger partial charge in [-0.1, -0.05) is 6.07 Å². The predicted octanol–water partition coefficient (Wildman–Crippen LogP) is 2.31. The Hall–Kier alpha value is -1.07. The van der Waals surface area contributed by atoms with E-state index in [1.54, 1.807) is 18.0 Å². The molecule has 0 aromatic carbocycles. The predicted molar refractivity (Wildman–Crippen MR) is 90.7 cm³/mol. The Labute approximate surface area is 137 Å². The van der Waals surface area contributed by atoms with Gasteiger partial charge in [-0.15, -0.1) is 11.8 Å². The van der Waals surface area contributed by atoms with E-state index in [1.165, 1.54) is 19.4 Å². The van der Waals surface area contributed by atoms with E-state index in [0.29, 0.717) is 11.8 Å². The van der Waals surface area contributed by atoms with Gasteiger partial charge < -0.3 is 10.2 Å². The Morgan fingerprint density at radius 1 is 1.27 bits per heavy atom. The summed E-state index contributed by atoms with van der Waals surface area (Å²) in [5.74, 6) is 2.59. The third-order valence-electron chi connectivity index (χ3n) is 4.44. The van der Waals surface area contributed by atoms with Crippen LogP contribution in [-0.2, 0) is 10.5 Å². The fourth-order valence-corrected chi connectivity index (χ4v) is 3.65. The van der Waals surface area contributed by atoms with Crippen molar-refractivity contribution in [2.75, 3.05) is 25.4 Å². The second kappa shape index (κ2) is 7.97. The summed E-state index contributed by atoms with van der Waals surface area (Å²) >= 11 is 1.66. The summed E-state index contributed by atoms with van der Waals surface area (Å²) in [4.78, 5) is 18.5. The average Bonchev–Trinajstić information content (AvgIpc) is 3.39. The number of nitrogens with one attached hydrogen (secondary N) is 1. The van der Waals surface area contributed by atoms with Crippen molar-refractivity contribution in [2.24, 2.45) is 5.92 Å². The van der Waals surface area contributed by atoms with Crippen LogP contribution in [0.15, 0.2) is 24.4 Å². The molecule has 1 saturated carbocycles. The van der Waals surface area contributed by atoms with Crippen molar-refractivity contribution in [3.8, 4) is 0 Å². The van der Waals surface area contributed by atoms with Gasteiger partial charge in [0.05, 0.1) is 11.4 Å². The second-order valence-electron chi connectivity index (χ2n) is 6.32. The van der Waals surface area contributed by atoms with Crippen molar-refractivity contribution in [3.63, 3.8) is 0 Å². The molecule has 0 bridgehead atoms. The monoisotopic (exact) mass is 319 g/mol. The lowest BCUT2D eigenvalue weighted by atomic mass is 10.0. The average molecular weight is 319 g/mol. The van der Waals surface area contributed by atoms with E-state index in [0.717, 1.165) is 43.3 Å². The van der Waals surface area contributed by atoms with Gasteiger partial charge >= 0.3 is 0 Å². The fourth-order valence-electron chi connectivity index (χ4n) is 2.81. The van der Waals surface area contributed by atoms with E-state index in [4.69, 9.17) is 0 Å². The number of nitrogens with zero attached hydrogens (tertiary/aromatic N) is 2. The molecule has 2 fully saturated rings. The number of carbonyl (C=O) groups excluding carboxylic acids is 1. The van der Waals surface area contributed by atoms with Crippen molar-refractivity contribution in [2.45, 2.75) is 37.5 Å². The number of likely N-dealkylation sites (tertiary alicyclic amines) is 1. The standard InChI is InChI=1S/C17H25N3OS/c21-17(13-22-12-16-3-1-2-8-18-16)20-9-6-15(7-10-20)19-11-14-4-5-14/h1-3,8,14-15,19H,4-7,9-13H2. The maximum atomic E-state index is 12.2. The molecule has 1 aliphatic carbocycles. The summed E-state index contributed by atoms with van der Waals surface area (Å²) in [7, 11) is 0. The minimum Gasteiger partial charge on any atom is -0.342 e. The fraction of sp³-hybridized carbons (Fsp3) is 0.647. The highest BCUT2D eigenvalue weighted by Crippen LogP contribution is 2.28. The molecule has 1 aliphatic heterocycles. The minimum atomic E-state index is 0.279. The van der Waals surface area contributed by atoms with Gasteiger partial charge in [-0.25, -0.2) is 0 Å². The molecule has 0 spiro atoms. The maximum absolute atomic E-state index is 12.2. The molecule has 1 aromatic heterocycles. The van der Waals surface area contributed by atoms with Gasteiger partial charge in [-0.3, -0.25) is 9.78 Å². The van der Waals surface area contributed by atoms with Gasteiger partial charge in [-0.2, -0.15) is 0 Å². The molecule has 1 aromatic rings. The number of piperidine rings is 1. The summed E-state index contributed by atoms with van der Waals surface area (Å²) in [5, 5.41) is 3.66. The largest absolute Gasteiger partial charge is 0.342 e. The number of carbonyl (C=O) groups is 1. The molecular weight excluding hydrogens is 294 g/mol. The normalized spacial score (nSPS) is 19.4. The highest BCUT2D eigenvalue weighted by molar-refractivity contribution is 7.99. The Morgan fingerprint density at radius 3 is 2.77 bits per heavy atom. The molecular formula is C17H25N3OS. The quantitative estimate of drug-likeness (QED) is 0.838. The van der Waals surface area contributed by atoms with Crippen LogP contribution in [0, 0.1) is 5.92 Å². The molecule has 3 rings (SSSR count). The molecule has 2 aliphatic rings. The maximum Gasteiger partial charge on any atom is 0.232 e. The third kappa shape index (κ3) is 4.99. The highest BCUT2D eigenvalue weighted by Gasteiger charge is 2.25. The van der Waals surface area contributed by atoms with Gasteiger partial charge in [0.2, 0.25) is 5.91 Å². The molecule has 5 heteroatoms. The third-order valence-corrected chi connectivity index (χ3v) is 5.39. The molecule has 22 heavy (non-hydrogen) atoms. The van der Waals surface area contributed by atoms with E-state index >= 15 is 0 Å². The zero-order valence-corrected chi connectivity index (χ0v) is 13.9. The molecule has 0 unspecified atom stereocenters. The van der Waals surface area contributed by atoms with E-state index < -0.39 is 0 Å². The summed E-state index contributed by atoms with van der Waals surface area (Å²) in [6.45, 7) is 3.00. The molecule has 4 nitrogen and oxygen atoms in total. The number of amides is 1. The van der Waals surface area contributed by atoms with Crippen LogP contribution in [0.2, 0.25) is 0 Å². The van der Waals surface area contributed by atoms with Crippen LogP contribution in [0.5, 0.6) is 0 Å². The zero-order valence-electron chi connectivity index (χ0n) is 13.0. The number of rotatable bonds is 7. The first kappa shape index (κ1) is 15.8. The van der Waals surface area contributed by atoms with Crippen LogP contribution in [0.3, 0.4) is 0 Å². The van der Waals surface area contributed by atoms with Crippen LogP contribution < -0.4 is 5.32 Å². The van der Waals surface area contributed by atoms with Gasteiger partial charge in [0, 0.05) is 31.1 Å². The SMILES string of the molecule is O=C(CSCc1ccccn1)N1CCC(NCC2CC2)CC1. The summed E-state index contributed by atoms with van der Waals surface area (Å²) in [5.41, 5.74) is 1.04. The van der Waals surface area contributed by atoms with E-state index in [1.807, 2.05) is 23.1 Å².